The number of ether oxygens (including phenoxy) is 2. The largest absolute Gasteiger partial charge is 0.460 e. The SMILES string of the molecule is CCOC(=O)c1noc(C[C@@H](NC(=O)OC(C)(C)C)c2ccccc2)n1. The van der Waals surface area contributed by atoms with Gasteiger partial charge in [0, 0.05) is 0 Å². The summed E-state index contributed by atoms with van der Waals surface area (Å²) in [5.74, 6) is -0.595. The van der Waals surface area contributed by atoms with Gasteiger partial charge in [-0.15, -0.1) is 0 Å². The molecule has 0 spiro atoms. The lowest BCUT2D eigenvalue weighted by molar-refractivity contribution is 0.0494. The molecule has 2 rings (SSSR count). The van der Waals surface area contributed by atoms with Crippen molar-refractivity contribution in [2.24, 2.45) is 0 Å². The topological polar surface area (TPSA) is 104 Å². The van der Waals surface area contributed by atoms with E-state index in [9.17, 15) is 9.59 Å². The molecule has 1 heterocycles. The van der Waals surface area contributed by atoms with Crippen molar-refractivity contribution in [2.45, 2.75) is 45.8 Å². The van der Waals surface area contributed by atoms with Crippen LogP contribution in [0.2, 0.25) is 0 Å². The van der Waals surface area contributed by atoms with Crippen molar-refractivity contribution in [3.8, 4) is 0 Å². The van der Waals surface area contributed by atoms with E-state index in [2.05, 4.69) is 15.5 Å². The summed E-state index contributed by atoms with van der Waals surface area (Å²) in [5, 5.41) is 6.41. The van der Waals surface area contributed by atoms with Crippen LogP contribution in [-0.2, 0) is 15.9 Å². The summed E-state index contributed by atoms with van der Waals surface area (Å²) in [4.78, 5) is 27.8. The molecule has 0 fully saturated rings. The molecule has 8 nitrogen and oxygen atoms in total. The van der Waals surface area contributed by atoms with E-state index in [1.807, 2.05) is 30.3 Å². The number of benzene rings is 1. The van der Waals surface area contributed by atoms with E-state index in [1.165, 1.54) is 0 Å². The number of carbonyl (C=O) groups excluding carboxylic acids is 2. The Bertz CT molecular complexity index is 737. The van der Waals surface area contributed by atoms with Crippen LogP contribution in [0.25, 0.3) is 0 Å². The van der Waals surface area contributed by atoms with Gasteiger partial charge in [-0.3, -0.25) is 0 Å². The fourth-order valence-corrected chi connectivity index (χ4v) is 2.18. The summed E-state index contributed by atoms with van der Waals surface area (Å²) in [7, 11) is 0. The maximum absolute atomic E-state index is 12.2. The molecule has 1 amide bonds. The van der Waals surface area contributed by atoms with E-state index in [0.717, 1.165) is 5.56 Å². The highest BCUT2D eigenvalue weighted by molar-refractivity contribution is 5.84. The second-order valence-corrected chi connectivity index (χ2v) is 6.55. The van der Waals surface area contributed by atoms with Crippen LogP contribution in [-0.4, -0.2) is 34.4 Å². The van der Waals surface area contributed by atoms with E-state index in [-0.39, 0.29) is 24.7 Å². The molecule has 1 aromatic heterocycles. The molecule has 0 saturated carbocycles. The molecule has 0 saturated heterocycles. The molecule has 0 aliphatic carbocycles. The first kappa shape index (κ1) is 19.4. The second kappa shape index (κ2) is 8.46. The van der Waals surface area contributed by atoms with Gasteiger partial charge in [0.05, 0.1) is 19.1 Å². The van der Waals surface area contributed by atoms with Crippen LogP contribution < -0.4 is 5.32 Å². The van der Waals surface area contributed by atoms with Gasteiger partial charge < -0.3 is 19.3 Å². The third-order valence-electron chi connectivity index (χ3n) is 3.20. The van der Waals surface area contributed by atoms with E-state index in [1.54, 1.807) is 27.7 Å². The molecule has 2 aromatic rings. The van der Waals surface area contributed by atoms with E-state index < -0.39 is 23.7 Å². The number of carbonyl (C=O) groups is 2. The van der Waals surface area contributed by atoms with Gasteiger partial charge in [0.25, 0.3) is 5.82 Å². The van der Waals surface area contributed by atoms with Crippen LogP contribution in [0.15, 0.2) is 34.9 Å². The van der Waals surface area contributed by atoms with Crippen molar-refractivity contribution in [1.29, 1.82) is 0 Å². The molecule has 1 N–H and O–H groups in total. The molecule has 0 unspecified atom stereocenters. The number of esters is 1. The van der Waals surface area contributed by atoms with Crippen molar-refractivity contribution in [1.82, 2.24) is 15.5 Å². The fraction of sp³-hybridized carbons (Fsp3) is 0.444. The summed E-state index contributed by atoms with van der Waals surface area (Å²) < 4.78 is 15.3. The lowest BCUT2D eigenvalue weighted by atomic mass is 10.0. The second-order valence-electron chi connectivity index (χ2n) is 6.55. The number of hydrogen-bond donors (Lipinski definition) is 1. The monoisotopic (exact) mass is 361 g/mol. The molecule has 140 valence electrons. The van der Waals surface area contributed by atoms with Crippen LogP contribution >= 0.6 is 0 Å². The Morgan fingerprint density at radius 2 is 1.92 bits per heavy atom. The minimum absolute atomic E-state index is 0.147. The summed E-state index contributed by atoms with van der Waals surface area (Å²) >= 11 is 0. The van der Waals surface area contributed by atoms with Gasteiger partial charge in [-0.25, -0.2) is 9.59 Å². The molecule has 0 aliphatic rings. The minimum atomic E-state index is -0.654. The number of alkyl carbamates (subject to hydrolysis) is 1. The normalized spacial score (nSPS) is 12.3. The lowest BCUT2D eigenvalue weighted by Gasteiger charge is -2.23. The average molecular weight is 361 g/mol. The van der Waals surface area contributed by atoms with Gasteiger partial charge in [-0.1, -0.05) is 30.3 Å². The van der Waals surface area contributed by atoms with Gasteiger partial charge >= 0.3 is 12.1 Å². The maximum Gasteiger partial charge on any atom is 0.408 e. The van der Waals surface area contributed by atoms with E-state index >= 15 is 0 Å². The Hall–Kier alpha value is -2.90. The van der Waals surface area contributed by atoms with Gasteiger partial charge in [-0.2, -0.15) is 4.98 Å². The van der Waals surface area contributed by atoms with Crippen LogP contribution in [0.4, 0.5) is 4.79 Å². The lowest BCUT2D eigenvalue weighted by Crippen LogP contribution is -2.35. The molecule has 0 radical (unpaired) electrons. The summed E-state index contributed by atoms with van der Waals surface area (Å²) in [6.07, 6.45) is -0.355. The van der Waals surface area contributed by atoms with Crippen LogP contribution in [0.5, 0.6) is 0 Å². The molecule has 0 aliphatic heterocycles. The van der Waals surface area contributed by atoms with Crippen LogP contribution in [0.1, 0.15) is 55.8 Å². The molecular formula is C18H23N3O5. The third kappa shape index (κ3) is 5.87. The first-order valence-corrected chi connectivity index (χ1v) is 8.32. The number of hydrogen-bond acceptors (Lipinski definition) is 7. The predicted molar refractivity (Wildman–Crippen MR) is 92.5 cm³/mol. The third-order valence-corrected chi connectivity index (χ3v) is 3.20. The number of aromatic nitrogens is 2. The molecule has 26 heavy (non-hydrogen) atoms. The Labute approximate surface area is 151 Å². The van der Waals surface area contributed by atoms with Crippen molar-refractivity contribution in [3.63, 3.8) is 0 Å². The number of nitrogens with one attached hydrogen (secondary N) is 1. The van der Waals surface area contributed by atoms with E-state index in [4.69, 9.17) is 14.0 Å². The Kier molecular flexibility index (Phi) is 6.32. The van der Waals surface area contributed by atoms with Gasteiger partial charge in [0.1, 0.15) is 5.60 Å². The summed E-state index contributed by atoms with van der Waals surface area (Å²) in [5.41, 5.74) is 0.224. The van der Waals surface area contributed by atoms with Crippen LogP contribution in [0, 0.1) is 0 Å². The smallest absolute Gasteiger partial charge is 0.408 e. The fourth-order valence-electron chi connectivity index (χ4n) is 2.18. The first-order chi connectivity index (χ1) is 12.3. The molecule has 8 heteroatoms. The highest BCUT2D eigenvalue weighted by Crippen LogP contribution is 2.19. The molecule has 1 aromatic carbocycles. The zero-order chi connectivity index (χ0) is 19.2. The number of rotatable bonds is 6. The Morgan fingerprint density at radius 3 is 2.54 bits per heavy atom. The Morgan fingerprint density at radius 1 is 1.23 bits per heavy atom. The molecule has 1 atom stereocenters. The van der Waals surface area contributed by atoms with E-state index in [0.29, 0.717) is 0 Å². The van der Waals surface area contributed by atoms with Crippen molar-refractivity contribution < 1.29 is 23.6 Å². The predicted octanol–water partition coefficient (Wildman–Crippen LogP) is 3.05. The van der Waals surface area contributed by atoms with Gasteiger partial charge in [0.15, 0.2) is 0 Å². The zero-order valence-electron chi connectivity index (χ0n) is 15.3. The van der Waals surface area contributed by atoms with Gasteiger partial charge in [-0.05, 0) is 38.4 Å². The van der Waals surface area contributed by atoms with Crippen LogP contribution in [0.3, 0.4) is 0 Å². The number of nitrogens with zero attached hydrogens (tertiary/aromatic N) is 2. The van der Waals surface area contributed by atoms with Crippen molar-refractivity contribution in [2.75, 3.05) is 6.61 Å². The highest BCUT2D eigenvalue weighted by Gasteiger charge is 2.24. The highest BCUT2D eigenvalue weighted by atomic mass is 16.6. The standard InChI is InChI=1S/C18H23N3O5/c1-5-24-16(22)15-20-14(26-21-15)11-13(12-9-7-6-8-10-12)19-17(23)25-18(2,3)4/h6-10,13H,5,11H2,1-4H3,(H,19,23)/t13-/m1/s1. The average Bonchev–Trinajstić information content (AvgIpc) is 3.02. The number of amides is 1. The summed E-state index contributed by atoms with van der Waals surface area (Å²) in [6, 6.07) is 8.87. The van der Waals surface area contributed by atoms with Crippen molar-refractivity contribution >= 4 is 12.1 Å². The Balaban J connectivity index is 2.14. The zero-order valence-corrected chi connectivity index (χ0v) is 15.3. The van der Waals surface area contributed by atoms with Gasteiger partial charge in [0.2, 0.25) is 5.89 Å². The minimum Gasteiger partial charge on any atom is -0.460 e. The molecular weight excluding hydrogens is 338 g/mol. The maximum atomic E-state index is 12.2. The molecule has 0 bridgehead atoms. The quantitative estimate of drug-likeness (QED) is 0.789. The van der Waals surface area contributed by atoms with Crippen molar-refractivity contribution in [3.05, 3.63) is 47.6 Å². The summed E-state index contributed by atoms with van der Waals surface area (Å²) in [6.45, 7) is 7.26. The first-order valence-electron chi connectivity index (χ1n) is 8.32.